The van der Waals surface area contributed by atoms with Crippen molar-refractivity contribution in [1.82, 2.24) is 0 Å². The highest BCUT2D eigenvalue weighted by atomic mass is 19.1. The van der Waals surface area contributed by atoms with E-state index in [2.05, 4.69) is 19.2 Å². The Morgan fingerprint density at radius 1 is 1.33 bits per heavy atom. The van der Waals surface area contributed by atoms with E-state index in [0.717, 1.165) is 18.5 Å². The molecule has 0 radical (unpaired) electrons. The van der Waals surface area contributed by atoms with Crippen molar-refractivity contribution >= 4 is 11.4 Å². The van der Waals surface area contributed by atoms with Gasteiger partial charge in [-0.1, -0.05) is 13.8 Å². The quantitative estimate of drug-likeness (QED) is 0.748. The van der Waals surface area contributed by atoms with Crippen LogP contribution in [-0.2, 0) is 0 Å². The molecule has 84 valence electrons. The Hall–Kier alpha value is -1.25. The van der Waals surface area contributed by atoms with Crippen LogP contribution in [0.2, 0.25) is 0 Å². The summed E-state index contributed by atoms with van der Waals surface area (Å²) in [5.74, 6) is -0.248. The van der Waals surface area contributed by atoms with Gasteiger partial charge in [-0.2, -0.15) is 0 Å². The van der Waals surface area contributed by atoms with Gasteiger partial charge in [0.05, 0.1) is 11.4 Å². The molecule has 2 nitrogen and oxygen atoms in total. The molecule has 0 spiro atoms. The SMILES string of the molecule is CCC(CC)Nc1cc(C)c(F)cc1N. The maximum atomic E-state index is 13.2. The van der Waals surface area contributed by atoms with Gasteiger partial charge in [-0.15, -0.1) is 0 Å². The average molecular weight is 210 g/mol. The van der Waals surface area contributed by atoms with Crippen LogP contribution in [0, 0.1) is 12.7 Å². The lowest BCUT2D eigenvalue weighted by molar-refractivity contribution is 0.618. The summed E-state index contributed by atoms with van der Waals surface area (Å²) in [5, 5.41) is 3.32. The van der Waals surface area contributed by atoms with Gasteiger partial charge in [0.2, 0.25) is 0 Å². The second-order valence-electron chi connectivity index (χ2n) is 3.85. The molecule has 0 heterocycles. The number of nitrogens with one attached hydrogen (secondary N) is 1. The first kappa shape index (κ1) is 11.8. The van der Waals surface area contributed by atoms with Crippen LogP contribution in [-0.4, -0.2) is 6.04 Å². The fourth-order valence-corrected chi connectivity index (χ4v) is 1.53. The number of nitrogens with two attached hydrogens (primary N) is 1. The van der Waals surface area contributed by atoms with Crippen LogP contribution < -0.4 is 11.1 Å². The van der Waals surface area contributed by atoms with Crippen LogP contribution in [0.4, 0.5) is 15.8 Å². The van der Waals surface area contributed by atoms with Crippen molar-refractivity contribution in [3.8, 4) is 0 Å². The second kappa shape index (κ2) is 5.01. The zero-order valence-electron chi connectivity index (χ0n) is 9.60. The predicted molar refractivity (Wildman–Crippen MR) is 63.5 cm³/mol. The smallest absolute Gasteiger partial charge is 0.128 e. The molecular formula is C12H19FN2. The second-order valence-corrected chi connectivity index (χ2v) is 3.85. The molecule has 0 fully saturated rings. The van der Waals surface area contributed by atoms with Gasteiger partial charge >= 0.3 is 0 Å². The molecule has 0 atom stereocenters. The maximum absolute atomic E-state index is 13.2. The summed E-state index contributed by atoms with van der Waals surface area (Å²) >= 11 is 0. The van der Waals surface area contributed by atoms with E-state index in [1.165, 1.54) is 6.07 Å². The first-order valence-corrected chi connectivity index (χ1v) is 5.40. The highest BCUT2D eigenvalue weighted by Crippen LogP contribution is 2.24. The van der Waals surface area contributed by atoms with Crippen LogP contribution in [0.15, 0.2) is 12.1 Å². The first-order chi connectivity index (χ1) is 7.08. The van der Waals surface area contributed by atoms with Crippen molar-refractivity contribution in [3.05, 3.63) is 23.5 Å². The summed E-state index contributed by atoms with van der Waals surface area (Å²) in [7, 11) is 0. The summed E-state index contributed by atoms with van der Waals surface area (Å²) in [5.41, 5.74) is 7.68. The van der Waals surface area contributed by atoms with Gasteiger partial charge in [0.25, 0.3) is 0 Å². The fraction of sp³-hybridized carbons (Fsp3) is 0.500. The Balaban J connectivity index is 2.89. The molecule has 0 aromatic heterocycles. The Morgan fingerprint density at radius 3 is 2.47 bits per heavy atom. The molecule has 0 bridgehead atoms. The normalized spacial score (nSPS) is 10.7. The molecule has 0 saturated carbocycles. The third-order valence-corrected chi connectivity index (χ3v) is 2.68. The Bertz CT molecular complexity index is 333. The van der Waals surface area contributed by atoms with Crippen molar-refractivity contribution in [1.29, 1.82) is 0 Å². The zero-order chi connectivity index (χ0) is 11.4. The van der Waals surface area contributed by atoms with Crippen molar-refractivity contribution < 1.29 is 4.39 Å². The van der Waals surface area contributed by atoms with Crippen LogP contribution in [0.3, 0.4) is 0 Å². The van der Waals surface area contributed by atoms with Gasteiger partial charge in [0.1, 0.15) is 5.82 Å². The number of nitrogen functional groups attached to an aromatic ring is 1. The molecule has 1 aromatic rings. The van der Waals surface area contributed by atoms with Crippen LogP contribution in [0.1, 0.15) is 32.3 Å². The molecule has 3 N–H and O–H groups in total. The van der Waals surface area contributed by atoms with E-state index in [4.69, 9.17) is 5.73 Å². The average Bonchev–Trinajstić information content (AvgIpc) is 2.21. The first-order valence-electron chi connectivity index (χ1n) is 5.40. The lowest BCUT2D eigenvalue weighted by atomic mass is 10.1. The highest BCUT2D eigenvalue weighted by Gasteiger charge is 2.08. The molecule has 0 unspecified atom stereocenters. The van der Waals surface area contributed by atoms with E-state index in [-0.39, 0.29) is 5.82 Å². The summed E-state index contributed by atoms with van der Waals surface area (Å²) in [4.78, 5) is 0. The van der Waals surface area contributed by atoms with Crippen LogP contribution in [0.25, 0.3) is 0 Å². The van der Waals surface area contributed by atoms with Crippen LogP contribution in [0.5, 0.6) is 0 Å². The van der Waals surface area contributed by atoms with Crippen molar-refractivity contribution in [3.63, 3.8) is 0 Å². The Morgan fingerprint density at radius 2 is 1.93 bits per heavy atom. The predicted octanol–water partition coefficient (Wildman–Crippen LogP) is 3.32. The number of benzene rings is 1. The lowest BCUT2D eigenvalue weighted by Gasteiger charge is -2.18. The number of halogens is 1. The fourth-order valence-electron chi connectivity index (χ4n) is 1.53. The molecule has 1 rings (SSSR count). The molecule has 0 aliphatic carbocycles. The summed E-state index contributed by atoms with van der Waals surface area (Å²) in [6.45, 7) is 5.98. The topological polar surface area (TPSA) is 38.0 Å². The number of hydrogen-bond acceptors (Lipinski definition) is 2. The van der Waals surface area contributed by atoms with E-state index in [1.54, 1.807) is 13.0 Å². The van der Waals surface area contributed by atoms with Crippen molar-refractivity contribution in [2.75, 3.05) is 11.1 Å². The number of anilines is 2. The standard InChI is InChI=1S/C12H19FN2/c1-4-9(5-2)15-12-6-8(3)10(13)7-11(12)14/h6-7,9,15H,4-5,14H2,1-3H3. The molecular weight excluding hydrogens is 191 g/mol. The third kappa shape index (κ3) is 2.85. The monoisotopic (exact) mass is 210 g/mol. The Labute approximate surface area is 90.7 Å². The van der Waals surface area contributed by atoms with E-state index in [9.17, 15) is 4.39 Å². The minimum Gasteiger partial charge on any atom is -0.397 e. The van der Waals surface area contributed by atoms with Gasteiger partial charge < -0.3 is 11.1 Å². The van der Waals surface area contributed by atoms with Crippen molar-refractivity contribution in [2.24, 2.45) is 0 Å². The minimum atomic E-state index is -0.248. The molecule has 1 aromatic carbocycles. The number of hydrogen-bond donors (Lipinski definition) is 2. The largest absolute Gasteiger partial charge is 0.397 e. The van der Waals surface area contributed by atoms with Gasteiger partial charge in [-0.3, -0.25) is 0 Å². The summed E-state index contributed by atoms with van der Waals surface area (Å²) < 4.78 is 13.2. The molecule has 15 heavy (non-hydrogen) atoms. The molecule has 3 heteroatoms. The van der Waals surface area contributed by atoms with E-state index >= 15 is 0 Å². The summed E-state index contributed by atoms with van der Waals surface area (Å²) in [6.07, 6.45) is 2.07. The molecule has 0 aliphatic rings. The zero-order valence-corrected chi connectivity index (χ0v) is 9.60. The molecule has 0 saturated heterocycles. The van der Waals surface area contributed by atoms with E-state index < -0.39 is 0 Å². The maximum Gasteiger partial charge on any atom is 0.128 e. The lowest BCUT2D eigenvalue weighted by Crippen LogP contribution is -2.18. The summed E-state index contributed by atoms with van der Waals surface area (Å²) in [6, 6.07) is 3.54. The van der Waals surface area contributed by atoms with Gasteiger partial charge in [0, 0.05) is 6.04 Å². The molecule has 0 aliphatic heterocycles. The van der Waals surface area contributed by atoms with Crippen LogP contribution >= 0.6 is 0 Å². The third-order valence-electron chi connectivity index (χ3n) is 2.68. The van der Waals surface area contributed by atoms with Gasteiger partial charge in [0.15, 0.2) is 0 Å². The van der Waals surface area contributed by atoms with Gasteiger partial charge in [-0.25, -0.2) is 4.39 Å². The van der Waals surface area contributed by atoms with Gasteiger partial charge in [-0.05, 0) is 37.5 Å². The minimum absolute atomic E-state index is 0.248. The number of rotatable bonds is 4. The highest BCUT2D eigenvalue weighted by molar-refractivity contribution is 5.67. The molecule has 0 amide bonds. The van der Waals surface area contributed by atoms with E-state index in [0.29, 0.717) is 17.3 Å². The number of aryl methyl sites for hydroxylation is 1. The van der Waals surface area contributed by atoms with E-state index in [1.807, 2.05) is 0 Å². The van der Waals surface area contributed by atoms with Crippen molar-refractivity contribution in [2.45, 2.75) is 39.7 Å². The Kier molecular flexibility index (Phi) is 3.95.